The topological polar surface area (TPSA) is 73.2 Å². The first-order chi connectivity index (χ1) is 14.1. The van der Waals surface area contributed by atoms with Gasteiger partial charge in [0.25, 0.3) is 5.56 Å². The summed E-state index contributed by atoms with van der Waals surface area (Å²) in [5.41, 5.74) is 0.840. The number of fused-ring (bicyclic) bond motifs is 1. The minimum atomic E-state index is -0.419. The Labute approximate surface area is 171 Å². The number of benzene rings is 2. The van der Waals surface area contributed by atoms with Gasteiger partial charge in [0.1, 0.15) is 5.82 Å². The lowest BCUT2D eigenvalue weighted by atomic mass is 10.2. The molecule has 1 aliphatic heterocycles. The van der Waals surface area contributed by atoms with Gasteiger partial charge < -0.3 is 10.1 Å². The predicted octanol–water partition coefficient (Wildman–Crippen LogP) is 3.45. The second kappa shape index (κ2) is 8.75. The molecule has 0 unspecified atom stereocenters. The van der Waals surface area contributed by atoms with Crippen LogP contribution in [-0.4, -0.2) is 33.9 Å². The number of carbonyl (C=O) groups is 1. The number of hydrogen-bond acceptors (Lipinski definition) is 5. The van der Waals surface area contributed by atoms with Gasteiger partial charge in [-0.3, -0.25) is 14.2 Å². The molecule has 1 fully saturated rings. The molecule has 2 heterocycles. The van der Waals surface area contributed by atoms with E-state index in [9.17, 15) is 14.0 Å². The van der Waals surface area contributed by atoms with Gasteiger partial charge in [0.05, 0.1) is 29.3 Å². The molecule has 0 aliphatic carbocycles. The molecule has 6 nitrogen and oxygen atoms in total. The zero-order chi connectivity index (χ0) is 20.2. The molecule has 4 rings (SSSR count). The normalized spacial score (nSPS) is 16.2. The fourth-order valence-electron chi connectivity index (χ4n) is 3.30. The molecule has 1 N–H and O–H groups in total. The summed E-state index contributed by atoms with van der Waals surface area (Å²) in [6, 6.07) is 12.9. The summed E-state index contributed by atoms with van der Waals surface area (Å²) in [5, 5.41) is 3.67. The molecule has 1 aromatic heterocycles. The Bertz CT molecular complexity index is 1100. The van der Waals surface area contributed by atoms with Crippen LogP contribution in [0.2, 0.25) is 0 Å². The summed E-state index contributed by atoms with van der Waals surface area (Å²) in [5.74, 6) is -0.670. The van der Waals surface area contributed by atoms with Gasteiger partial charge in [-0.15, -0.1) is 0 Å². The highest BCUT2D eigenvalue weighted by Gasteiger charge is 2.20. The summed E-state index contributed by atoms with van der Waals surface area (Å²) in [7, 11) is 0. The molecule has 0 bridgehead atoms. The molecule has 8 heteroatoms. The summed E-state index contributed by atoms with van der Waals surface area (Å²) in [6.45, 7) is 1.10. The van der Waals surface area contributed by atoms with E-state index in [-0.39, 0.29) is 23.3 Å². The van der Waals surface area contributed by atoms with Gasteiger partial charge in [0.15, 0.2) is 5.16 Å². The van der Waals surface area contributed by atoms with E-state index in [2.05, 4.69) is 10.3 Å². The van der Waals surface area contributed by atoms with Gasteiger partial charge >= 0.3 is 0 Å². The van der Waals surface area contributed by atoms with E-state index in [0.717, 1.165) is 12.8 Å². The molecule has 0 radical (unpaired) electrons. The van der Waals surface area contributed by atoms with Crippen molar-refractivity contribution in [1.82, 2.24) is 9.55 Å². The van der Waals surface area contributed by atoms with E-state index in [1.165, 1.54) is 30.0 Å². The Balaban J connectivity index is 1.56. The second-order valence-electron chi connectivity index (χ2n) is 6.81. The van der Waals surface area contributed by atoms with Crippen molar-refractivity contribution >= 4 is 34.3 Å². The molecule has 1 amide bonds. The molecule has 150 valence electrons. The number of thioether (sulfide) groups is 1. The summed E-state index contributed by atoms with van der Waals surface area (Å²) >= 11 is 1.18. The molecule has 3 aromatic rings. The predicted molar refractivity (Wildman–Crippen MR) is 111 cm³/mol. The largest absolute Gasteiger partial charge is 0.376 e. The Morgan fingerprint density at radius 1 is 1.28 bits per heavy atom. The lowest BCUT2D eigenvalue weighted by Gasteiger charge is -2.16. The fraction of sp³-hybridized carbons (Fsp3) is 0.286. The number of carbonyl (C=O) groups excluding carboxylic acids is 1. The minimum absolute atomic E-state index is 0.0314. The molecular formula is C21H20FN3O3S. The lowest BCUT2D eigenvalue weighted by Crippen LogP contribution is -2.29. The van der Waals surface area contributed by atoms with Gasteiger partial charge in [-0.2, -0.15) is 0 Å². The van der Waals surface area contributed by atoms with E-state index in [1.807, 2.05) is 6.07 Å². The number of amides is 1. The zero-order valence-corrected chi connectivity index (χ0v) is 16.5. The maximum atomic E-state index is 13.3. The average Bonchev–Trinajstić information content (AvgIpc) is 3.22. The number of rotatable bonds is 6. The smallest absolute Gasteiger partial charge is 0.262 e. The number of nitrogens with one attached hydrogen (secondary N) is 1. The Hall–Kier alpha value is -2.71. The van der Waals surface area contributed by atoms with Gasteiger partial charge in [0.2, 0.25) is 5.91 Å². The highest BCUT2D eigenvalue weighted by molar-refractivity contribution is 7.99. The summed E-state index contributed by atoms with van der Waals surface area (Å²) < 4.78 is 20.6. The van der Waals surface area contributed by atoms with Gasteiger partial charge in [-0.1, -0.05) is 30.0 Å². The van der Waals surface area contributed by atoms with Crippen molar-refractivity contribution in [1.29, 1.82) is 0 Å². The van der Waals surface area contributed by atoms with Gasteiger partial charge in [0, 0.05) is 12.3 Å². The zero-order valence-electron chi connectivity index (χ0n) is 15.6. The molecular weight excluding hydrogens is 393 g/mol. The first-order valence-corrected chi connectivity index (χ1v) is 10.4. The maximum absolute atomic E-state index is 13.3. The van der Waals surface area contributed by atoms with Crippen molar-refractivity contribution < 1.29 is 13.9 Å². The number of ether oxygens (including phenoxy) is 1. The van der Waals surface area contributed by atoms with E-state index in [1.54, 1.807) is 28.8 Å². The molecule has 2 aromatic carbocycles. The number of hydrogen-bond donors (Lipinski definition) is 1. The van der Waals surface area contributed by atoms with Crippen LogP contribution >= 0.6 is 11.8 Å². The van der Waals surface area contributed by atoms with Crippen molar-refractivity contribution in [3.63, 3.8) is 0 Å². The first kappa shape index (κ1) is 19.6. The van der Waals surface area contributed by atoms with E-state index >= 15 is 0 Å². The maximum Gasteiger partial charge on any atom is 0.262 e. The van der Waals surface area contributed by atoms with Crippen LogP contribution in [0, 0.1) is 5.82 Å². The van der Waals surface area contributed by atoms with Crippen LogP contribution in [0.25, 0.3) is 10.9 Å². The standard InChI is InChI=1S/C21H20FN3O3S/c22-14-5-3-6-15(11-14)23-19(26)13-29-21-24-18-9-2-1-8-17(18)20(27)25(21)12-16-7-4-10-28-16/h1-3,5-6,8-9,11,16H,4,7,10,12-13H2,(H,23,26)/t16-/m1/s1. The van der Waals surface area contributed by atoms with Crippen LogP contribution in [0.1, 0.15) is 12.8 Å². The fourth-order valence-corrected chi connectivity index (χ4v) is 4.11. The molecule has 0 saturated carbocycles. The highest BCUT2D eigenvalue weighted by atomic mass is 32.2. The Morgan fingerprint density at radius 3 is 2.93 bits per heavy atom. The van der Waals surface area contributed by atoms with E-state index in [4.69, 9.17) is 4.74 Å². The highest BCUT2D eigenvalue weighted by Crippen LogP contribution is 2.21. The third-order valence-electron chi connectivity index (χ3n) is 4.68. The average molecular weight is 413 g/mol. The first-order valence-electron chi connectivity index (χ1n) is 9.39. The Morgan fingerprint density at radius 2 is 2.14 bits per heavy atom. The van der Waals surface area contributed by atoms with Crippen LogP contribution in [0.3, 0.4) is 0 Å². The van der Waals surface area contributed by atoms with Crippen LogP contribution in [0.4, 0.5) is 10.1 Å². The number of para-hydroxylation sites is 1. The van der Waals surface area contributed by atoms with Crippen LogP contribution in [0.15, 0.2) is 58.5 Å². The molecule has 1 aliphatic rings. The number of anilines is 1. The number of aromatic nitrogens is 2. The van der Waals surface area contributed by atoms with Crippen molar-refractivity contribution in [2.45, 2.75) is 30.6 Å². The molecule has 0 spiro atoms. The SMILES string of the molecule is O=C(CSc1nc2ccccc2c(=O)n1C[C@H]1CCCO1)Nc1cccc(F)c1. The quantitative estimate of drug-likeness (QED) is 0.495. The second-order valence-corrected chi connectivity index (χ2v) is 7.75. The third-order valence-corrected chi connectivity index (χ3v) is 5.65. The number of nitrogens with zero attached hydrogens (tertiary/aromatic N) is 2. The lowest BCUT2D eigenvalue weighted by molar-refractivity contribution is -0.113. The van der Waals surface area contributed by atoms with E-state index in [0.29, 0.717) is 34.9 Å². The van der Waals surface area contributed by atoms with Crippen LogP contribution in [0.5, 0.6) is 0 Å². The van der Waals surface area contributed by atoms with Gasteiger partial charge in [-0.25, -0.2) is 9.37 Å². The van der Waals surface area contributed by atoms with Crippen molar-refractivity contribution in [3.8, 4) is 0 Å². The number of halogens is 1. The van der Waals surface area contributed by atoms with Crippen molar-refractivity contribution in [3.05, 3.63) is 64.7 Å². The van der Waals surface area contributed by atoms with Crippen molar-refractivity contribution in [2.75, 3.05) is 17.7 Å². The summed E-state index contributed by atoms with van der Waals surface area (Å²) in [6.07, 6.45) is 1.83. The minimum Gasteiger partial charge on any atom is -0.376 e. The van der Waals surface area contributed by atoms with Crippen LogP contribution in [-0.2, 0) is 16.1 Å². The molecule has 1 saturated heterocycles. The van der Waals surface area contributed by atoms with Gasteiger partial charge in [-0.05, 0) is 43.2 Å². The third kappa shape index (κ3) is 4.65. The van der Waals surface area contributed by atoms with Crippen molar-refractivity contribution in [2.24, 2.45) is 0 Å². The molecule has 1 atom stereocenters. The van der Waals surface area contributed by atoms with Crippen LogP contribution < -0.4 is 10.9 Å². The van der Waals surface area contributed by atoms with E-state index < -0.39 is 5.82 Å². The summed E-state index contributed by atoms with van der Waals surface area (Å²) in [4.78, 5) is 29.9. The monoisotopic (exact) mass is 413 g/mol. The molecule has 29 heavy (non-hydrogen) atoms. The Kier molecular flexibility index (Phi) is 5.92.